The van der Waals surface area contributed by atoms with Gasteiger partial charge in [0.2, 0.25) is 0 Å². The van der Waals surface area contributed by atoms with Crippen molar-refractivity contribution in [1.82, 2.24) is 0 Å². The molecule has 184 valence electrons. The summed E-state index contributed by atoms with van der Waals surface area (Å²) in [6.07, 6.45) is 15.4. The average Bonchev–Trinajstić information content (AvgIpc) is 3.02. The van der Waals surface area contributed by atoms with Crippen LogP contribution in [0.15, 0.2) is 11.6 Å². The molecule has 4 aliphatic carbocycles. The Kier molecular flexibility index (Phi) is 6.50. The van der Waals surface area contributed by atoms with E-state index in [0.29, 0.717) is 22.7 Å². The van der Waals surface area contributed by atoms with Crippen LogP contribution in [-0.2, 0) is 0 Å². The minimum Gasteiger partial charge on any atom is -0.390 e. The Labute approximate surface area is 198 Å². The second-order valence-corrected chi connectivity index (χ2v) is 14.0. The van der Waals surface area contributed by atoms with Gasteiger partial charge in [-0.15, -0.1) is 0 Å². The van der Waals surface area contributed by atoms with E-state index in [4.69, 9.17) is 0 Å². The summed E-state index contributed by atoms with van der Waals surface area (Å²) in [6, 6.07) is 0. The fourth-order valence-corrected chi connectivity index (χ4v) is 9.11. The summed E-state index contributed by atoms with van der Waals surface area (Å²) in [5.74, 6) is 4.55. The van der Waals surface area contributed by atoms with Crippen molar-refractivity contribution in [3.63, 3.8) is 0 Å². The summed E-state index contributed by atoms with van der Waals surface area (Å²) >= 11 is 0. The molecule has 0 aliphatic heterocycles. The Bertz CT molecular complexity index is 719. The molecule has 9 atom stereocenters. The number of fused-ring (bicyclic) bond motifs is 5. The van der Waals surface area contributed by atoms with Crippen LogP contribution in [0.2, 0.25) is 0 Å². The second kappa shape index (κ2) is 8.40. The third kappa shape index (κ3) is 4.26. The molecule has 2 N–H and O–H groups in total. The number of hydrogen-bond donors (Lipinski definition) is 2. The van der Waals surface area contributed by atoms with Crippen LogP contribution < -0.4 is 0 Å². The van der Waals surface area contributed by atoms with Gasteiger partial charge in [-0.25, -0.2) is 0 Å². The predicted octanol–water partition coefficient (Wildman–Crippen LogP) is 7.53. The van der Waals surface area contributed by atoms with Crippen LogP contribution in [0.25, 0.3) is 0 Å². The van der Waals surface area contributed by atoms with Crippen molar-refractivity contribution < 1.29 is 10.2 Å². The number of hydrogen-bond acceptors (Lipinski definition) is 2. The van der Waals surface area contributed by atoms with E-state index in [1.54, 1.807) is 5.57 Å². The maximum absolute atomic E-state index is 11.2. The second-order valence-electron chi connectivity index (χ2n) is 14.0. The van der Waals surface area contributed by atoms with E-state index in [9.17, 15) is 10.2 Å². The average molecular weight is 445 g/mol. The molecule has 4 aliphatic rings. The molecule has 2 heteroatoms. The monoisotopic (exact) mass is 444 g/mol. The zero-order valence-corrected chi connectivity index (χ0v) is 22.2. The molecule has 1 unspecified atom stereocenters. The lowest BCUT2D eigenvalue weighted by Gasteiger charge is -2.61. The fraction of sp³-hybridized carbons (Fsp3) is 0.933. The van der Waals surface area contributed by atoms with E-state index >= 15 is 0 Å². The third-order valence-corrected chi connectivity index (χ3v) is 11.3. The van der Waals surface area contributed by atoms with Gasteiger partial charge >= 0.3 is 0 Å². The van der Waals surface area contributed by atoms with Crippen LogP contribution in [0.1, 0.15) is 119 Å². The highest BCUT2D eigenvalue weighted by Gasteiger charge is 2.61. The summed E-state index contributed by atoms with van der Waals surface area (Å²) < 4.78 is 0. The van der Waals surface area contributed by atoms with E-state index in [1.807, 2.05) is 13.8 Å². The van der Waals surface area contributed by atoms with Gasteiger partial charge in [0.15, 0.2) is 0 Å². The Morgan fingerprint density at radius 1 is 1.12 bits per heavy atom. The predicted molar refractivity (Wildman–Crippen MR) is 134 cm³/mol. The van der Waals surface area contributed by atoms with E-state index in [1.165, 1.54) is 38.5 Å². The molecule has 0 spiro atoms. The van der Waals surface area contributed by atoms with E-state index in [-0.39, 0.29) is 0 Å². The molecule has 3 saturated carbocycles. The van der Waals surface area contributed by atoms with Gasteiger partial charge in [-0.3, -0.25) is 0 Å². The topological polar surface area (TPSA) is 40.5 Å². The lowest BCUT2D eigenvalue weighted by atomic mass is 9.43. The van der Waals surface area contributed by atoms with Gasteiger partial charge in [0.1, 0.15) is 0 Å². The van der Waals surface area contributed by atoms with E-state index in [2.05, 4.69) is 40.7 Å². The number of aliphatic hydroxyl groups is 2. The summed E-state index contributed by atoms with van der Waals surface area (Å²) in [7, 11) is 0. The van der Waals surface area contributed by atoms with Crippen molar-refractivity contribution in [3.8, 4) is 0 Å². The minimum atomic E-state index is -0.559. The maximum atomic E-state index is 11.2. The summed E-state index contributed by atoms with van der Waals surface area (Å²) in [5, 5.41) is 21.5. The van der Waals surface area contributed by atoms with Gasteiger partial charge in [-0.2, -0.15) is 0 Å². The first-order valence-electron chi connectivity index (χ1n) is 14.0. The van der Waals surface area contributed by atoms with Crippen molar-refractivity contribution in [2.45, 2.75) is 130 Å². The van der Waals surface area contributed by atoms with Crippen LogP contribution in [0, 0.1) is 46.3 Å². The molecule has 3 fully saturated rings. The van der Waals surface area contributed by atoms with E-state index in [0.717, 1.165) is 55.8 Å². The highest BCUT2D eigenvalue weighted by Crippen LogP contribution is 2.68. The summed E-state index contributed by atoms with van der Waals surface area (Å²) in [6.45, 7) is 16.3. The molecular formula is C30H52O2. The first kappa shape index (κ1) is 24.8. The SMILES string of the molecule is CC[C@]1(O)CC[C@@]2(C)C(=CC([C@H](C)CCCC(C)(C)O)[C@H]3[C@@H]4[C@H](C)CC[C@]4(C)CC[C@@H]32)C1. The quantitative estimate of drug-likeness (QED) is 0.416. The van der Waals surface area contributed by atoms with Crippen LogP contribution >= 0.6 is 0 Å². The zero-order chi connectivity index (χ0) is 23.5. The highest BCUT2D eigenvalue weighted by atomic mass is 16.3. The molecule has 0 radical (unpaired) electrons. The Morgan fingerprint density at radius 2 is 1.81 bits per heavy atom. The maximum Gasteiger partial charge on any atom is 0.0682 e. The van der Waals surface area contributed by atoms with Crippen molar-refractivity contribution in [2.75, 3.05) is 0 Å². The summed E-state index contributed by atoms with van der Waals surface area (Å²) in [5.41, 5.74) is 1.38. The number of rotatable bonds is 6. The Balaban J connectivity index is 1.69. The smallest absolute Gasteiger partial charge is 0.0682 e. The first-order chi connectivity index (χ1) is 14.8. The van der Waals surface area contributed by atoms with Crippen LogP contribution in [0.3, 0.4) is 0 Å². The van der Waals surface area contributed by atoms with Crippen molar-refractivity contribution in [3.05, 3.63) is 11.6 Å². The molecule has 0 bridgehead atoms. The van der Waals surface area contributed by atoms with E-state index < -0.39 is 11.2 Å². The van der Waals surface area contributed by atoms with Gasteiger partial charge < -0.3 is 10.2 Å². The molecule has 0 aromatic carbocycles. The molecule has 0 saturated heterocycles. The minimum absolute atomic E-state index is 0.291. The van der Waals surface area contributed by atoms with Crippen LogP contribution in [0.5, 0.6) is 0 Å². The molecule has 0 aromatic heterocycles. The van der Waals surface area contributed by atoms with Crippen LogP contribution in [-0.4, -0.2) is 21.4 Å². The highest BCUT2D eigenvalue weighted by molar-refractivity contribution is 5.29. The normalized spacial score (nSPS) is 47.3. The molecule has 0 amide bonds. The third-order valence-electron chi connectivity index (χ3n) is 11.3. The molecule has 4 rings (SSSR count). The molecule has 0 heterocycles. The van der Waals surface area contributed by atoms with Crippen LogP contribution in [0.4, 0.5) is 0 Å². The summed E-state index contributed by atoms with van der Waals surface area (Å²) in [4.78, 5) is 0. The molecule has 32 heavy (non-hydrogen) atoms. The molecule has 0 aromatic rings. The lowest BCUT2D eigenvalue weighted by Crippen LogP contribution is -2.55. The van der Waals surface area contributed by atoms with Crippen molar-refractivity contribution >= 4 is 0 Å². The van der Waals surface area contributed by atoms with Gasteiger partial charge in [-0.1, -0.05) is 59.1 Å². The molecular weight excluding hydrogens is 392 g/mol. The zero-order valence-electron chi connectivity index (χ0n) is 22.2. The van der Waals surface area contributed by atoms with Gasteiger partial charge in [0.25, 0.3) is 0 Å². The number of allylic oxidation sites excluding steroid dienone is 1. The van der Waals surface area contributed by atoms with Crippen molar-refractivity contribution in [2.24, 2.45) is 46.3 Å². The first-order valence-corrected chi connectivity index (χ1v) is 14.0. The van der Waals surface area contributed by atoms with Gasteiger partial charge in [-0.05, 0) is 118 Å². The Morgan fingerprint density at radius 3 is 2.47 bits per heavy atom. The van der Waals surface area contributed by atoms with Gasteiger partial charge in [0.05, 0.1) is 11.2 Å². The standard InChI is InChI=1S/C30H52O2/c1-8-30(32)17-16-29(7)22(19-30)18-23(20(2)10-9-13-27(4,5)31)25-24(29)12-15-28(6)14-11-21(3)26(25)28/h18,20-21,23-26,31-32H,8-17,19H2,1-7H3/t20-,21-,23?,24+,25-,26+,28-,29+,30+/m1/s1. The Hall–Kier alpha value is -0.340. The molecule has 2 nitrogen and oxygen atoms in total. The largest absolute Gasteiger partial charge is 0.390 e. The lowest BCUT2D eigenvalue weighted by molar-refractivity contribution is -0.0928. The van der Waals surface area contributed by atoms with Crippen molar-refractivity contribution in [1.29, 1.82) is 0 Å². The van der Waals surface area contributed by atoms with Gasteiger partial charge in [0, 0.05) is 0 Å². The fourth-order valence-electron chi connectivity index (χ4n) is 9.11.